The first-order valence-electron chi connectivity index (χ1n) is 7.70. The number of halogens is 3. The van der Waals surface area contributed by atoms with E-state index in [1.807, 2.05) is 30.3 Å². The summed E-state index contributed by atoms with van der Waals surface area (Å²) in [5, 5.41) is 28.1. The quantitative estimate of drug-likeness (QED) is 0.429. The third-order valence-electron chi connectivity index (χ3n) is 3.79. The van der Waals surface area contributed by atoms with Gasteiger partial charge in [-0.15, -0.1) is 0 Å². The van der Waals surface area contributed by atoms with Gasteiger partial charge in [-0.25, -0.2) is 0 Å². The lowest BCUT2D eigenvalue weighted by atomic mass is 10.1. The average molecular weight is 415 g/mol. The van der Waals surface area contributed by atoms with Crippen molar-refractivity contribution in [1.82, 2.24) is 5.32 Å². The Labute approximate surface area is 159 Å². The van der Waals surface area contributed by atoms with Gasteiger partial charge >= 0.3 is 6.18 Å². The molecule has 0 saturated carbocycles. The van der Waals surface area contributed by atoms with Crippen LogP contribution in [0, 0.1) is 20.2 Å². The van der Waals surface area contributed by atoms with Crippen molar-refractivity contribution in [2.75, 3.05) is 16.3 Å². The van der Waals surface area contributed by atoms with Crippen molar-refractivity contribution in [3.05, 3.63) is 68.3 Å². The molecule has 0 amide bonds. The van der Waals surface area contributed by atoms with Gasteiger partial charge < -0.3 is 5.32 Å². The largest absolute Gasteiger partial charge is 0.416 e. The van der Waals surface area contributed by atoms with Crippen molar-refractivity contribution < 1.29 is 23.0 Å². The molecule has 0 spiro atoms. The lowest BCUT2D eigenvalue weighted by molar-refractivity contribution is -0.392. The predicted octanol–water partition coefficient (Wildman–Crippen LogP) is 3.93. The zero-order valence-corrected chi connectivity index (χ0v) is 14.7. The van der Waals surface area contributed by atoms with E-state index in [9.17, 15) is 33.4 Å². The molecule has 2 aromatic rings. The van der Waals surface area contributed by atoms with Gasteiger partial charge in [-0.3, -0.25) is 29.9 Å². The Morgan fingerprint density at radius 1 is 1.11 bits per heavy atom. The fourth-order valence-electron chi connectivity index (χ4n) is 2.53. The van der Waals surface area contributed by atoms with Crippen LogP contribution in [0.4, 0.5) is 35.9 Å². The number of nitrogens with one attached hydrogen (secondary N) is 2. The molecule has 1 saturated heterocycles. The highest BCUT2D eigenvalue weighted by molar-refractivity contribution is 8.01. The van der Waals surface area contributed by atoms with Gasteiger partial charge in [-0.1, -0.05) is 18.2 Å². The van der Waals surface area contributed by atoms with Gasteiger partial charge in [0.25, 0.3) is 11.4 Å². The Balaban J connectivity index is 1.93. The standard InChI is InChI=1S/C15H12F3N5O4S/c16-15(17,18)9-6-11(22(24)25)13(12(7-9)23(26)27)20-14-19-8-21(28-14)10-4-2-1-3-5-10/h1-7,14,19-20H,8H2. The number of rotatable bonds is 5. The van der Waals surface area contributed by atoms with Crippen LogP contribution in [0.2, 0.25) is 0 Å². The van der Waals surface area contributed by atoms with E-state index in [1.54, 1.807) is 4.31 Å². The average Bonchev–Trinajstić information content (AvgIpc) is 3.09. The monoisotopic (exact) mass is 415 g/mol. The highest BCUT2D eigenvalue weighted by Gasteiger charge is 2.38. The van der Waals surface area contributed by atoms with Crippen molar-refractivity contribution in [3.8, 4) is 0 Å². The second-order valence-electron chi connectivity index (χ2n) is 5.61. The van der Waals surface area contributed by atoms with E-state index in [0.29, 0.717) is 6.67 Å². The van der Waals surface area contributed by atoms with E-state index in [1.165, 1.54) is 0 Å². The second-order valence-corrected chi connectivity index (χ2v) is 6.73. The highest BCUT2D eigenvalue weighted by atomic mass is 32.2. The molecule has 1 heterocycles. The molecule has 0 aromatic heterocycles. The van der Waals surface area contributed by atoms with Crippen LogP contribution in [-0.4, -0.2) is 22.0 Å². The number of alkyl halides is 3. The number of nitro benzene ring substituents is 2. The molecule has 0 aliphatic carbocycles. The lowest BCUT2D eigenvalue weighted by Crippen LogP contribution is -2.29. The van der Waals surface area contributed by atoms with Crippen LogP contribution >= 0.6 is 11.9 Å². The van der Waals surface area contributed by atoms with Crippen molar-refractivity contribution in [1.29, 1.82) is 0 Å². The Bertz CT molecular complexity index is 877. The molecule has 0 bridgehead atoms. The Morgan fingerprint density at radius 2 is 1.68 bits per heavy atom. The van der Waals surface area contributed by atoms with E-state index >= 15 is 0 Å². The summed E-state index contributed by atoms with van der Waals surface area (Å²) in [7, 11) is 0. The zero-order chi connectivity index (χ0) is 20.5. The fourth-order valence-corrected chi connectivity index (χ4v) is 3.50. The number of nitro groups is 2. The summed E-state index contributed by atoms with van der Waals surface area (Å²) in [5.74, 6) is 0. The third-order valence-corrected chi connectivity index (χ3v) is 4.88. The molecule has 1 aliphatic heterocycles. The number of benzene rings is 2. The number of para-hydroxylation sites is 1. The van der Waals surface area contributed by atoms with Gasteiger partial charge in [-0.2, -0.15) is 13.2 Å². The van der Waals surface area contributed by atoms with Crippen LogP contribution in [-0.2, 0) is 6.18 Å². The normalized spacial score (nSPS) is 16.8. The molecule has 1 fully saturated rings. The van der Waals surface area contributed by atoms with Crippen molar-refractivity contribution in [3.63, 3.8) is 0 Å². The van der Waals surface area contributed by atoms with Gasteiger partial charge in [-0.05, 0) is 24.1 Å². The zero-order valence-electron chi connectivity index (χ0n) is 13.8. The summed E-state index contributed by atoms with van der Waals surface area (Å²) in [6, 6.07) is 9.64. The van der Waals surface area contributed by atoms with Gasteiger partial charge in [0.15, 0.2) is 5.69 Å². The highest BCUT2D eigenvalue weighted by Crippen LogP contribution is 2.42. The summed E-state index contributed by atoms with van der Waals surface area (Å²) in [6.45, 7) is 0.314. The summed E-state index contributed by atoms with van der Waals surface area (Å²) >= 11 is 1.15. The minimum Gasteiger partial charge on any atom is -0.349 e. The first-order valence-corrected chi connectivity index (χ1v) is 8.54. The van der Waals surface area contributed by atoms with E-state index in [2.05, 4.69) is 10.6 Å². The first-order chi connectivity index (χ1) is 13.2. The van der Waals surface area contributed by atoms with Crippen molar-refractivity contribution >= 4 is 34.7 Å². The third kappa shape index (κ3) is 4.09. The van der Waals surface area contributed by atoms with Gasteiger partial charge in [0, 0.05) is 17.8 Å². The molecule has 2 N–H and O–H groups in total. The topological polar surface area (TPSA) is 114 Å². The maximum Gasteiger partial charge on any atom is 0.416 e. The molecule has 13 heteroatoms. The minimum absolute atomic E-state index is 0.282. The van der Waals surface area contributed by atoms with Crippen LogP contribution in [0.1, 0.15) is 5.56 Å². The molecule has 0 radical (unpaired) electrons. The Kier molecular flexibility index (Phi) is 5.29. The van der Waals surface area contributed by atoms with Crippen LogP contribution in [0.15, 0.2) is 42.5 Å². The molecule has 3 rings (SSSR count). The lowest BCUT2D eigenvalue weighted by Gasteiger charge is -2.17. The molecule has 148 valence electrons. The molecule has 1 aliphatic rings. The molecule has 2 aromatic carbocycles. The smallest absolute Gasteiger partial charge is 0.349 e. The number of nitrogens with zero attached hydrogens (tertiary/aromatic N) is 3. The Hall–Kier alpha value is -3.06. The number of hydrogen-bond donors (Lipinski definition) is 2. The van der Waals surface area contributed by atoms with E-state index in [4.69, 9.17) is 0 Å². The number of hydrogen-bond acceptors (Lipinski definition) is 8. The fraction of sp³-hybridized carbons (Fsp3) is 0.200. The van der Waals surface area contributed by atoms with Gasteiger partial charge in [0.05, 0.1) is 22.1 Å². The van der Waals surface area contributed by atoms with E-state index < -0.39 is 44.1 Å². The summed E-state index contributed by atoms with van der Waals surface area (Å²) in [6.07, 6.45) is -4.96. The van der Waals surface area contributed by atoms with Crippen LogP contribution in [0.5, 0.6) is 0 Å². The molecule has 9 nitrogen and oxygen atoms in total. The summed E-state index contributed by atoms with van der Waals surface area (Å²) in [5.41, 5.74) is -4.02. The molecular weight excluding hydrogens is 403 g/mol. The van der Waals surface area contributed by atoms with E-state index in [-0.39, 0.29) is 12.1 Å². The van der Waals surface area contributed by atoms with Gasteiger partial charge in [0.1, 0.15) is 5.50 Å². The molecule has 1 atom stereocenters. The SMILES string of the molecule is O=[N+]([O-])c1cc(C(F)(F)F)cc([N+](=O)[O-])c1NC1NCN(c2ccccc2)S1. The van der Waals surface area contributed by atoms with Crippen LogP contribution < -0.4 is 14.9 Å². The van der Waals surface area contributed by atoms with Crippen molar-refractivity contribution in [2.45, 2.75) is 11.7 Å². The van der Waals surface area contributed by atoms with Crippen molar-refractivity contribution in [2.24, 2.45) is 0 Å². The minimum atomic E-state index is -4.96. The molecule has 28 heavy (non-hydrogen) atoms. The summed E-state index contributed by atoms with van der Waals surface area (Å²) in [4.78, 5) is 20.4. The maximum atomic E-state index is 13.0. The summed E-state index contributed by atoms with van der Waals surface area (Å²) < 4.78 is 40.7. The molecule has 1 unspecified atom stereocenters. The number of anilines is 2. The Morgan fingerprint density at radius 3 is 2.18 bits per heavy atom. The van der Waals surface area contributed by atoms with E-state index in [0.717, 1.165) is 17.6 Å². The van der Waals surface area contributed by atoms with Gasteiger partial charge in [0.2, 0.25) is 0 Å². The van der Waals surface area contributed by atoms with Crippen LogP contribution in [0.25, 0.3) is 0 Å². The predicted molar refractivity (Wildman–Crippen MR) is 96.7 cm³/mol. The van der Waals surface area contributed by atoms with Crippen LogP contribution in [0.3, 0.4) is 0 Å². The molecular formula is C15H12F3N5O4S. The maximum absolute atomic E-state index is 13.0. The second kappa shape index (κ2) is 7.52. The first kappa shape index (κ1) is 19.7.